The Morgan fingerprint density at radius 2 is 2.00 bits per heavy atom. The number of carboxylic acid groups (broad SMARTS) is 1. The lowest BCUT2D eigenvalue weighted by Gasteiger charge is -2.11. The molecule has 0 aliphatic carbocycles. The number of aromatic nitrogens is 3. The minimum absolute atomic E-state index is 0.639. The predicted octanol–water partition coefficient (Wildman–Crippen LogP) is 2.89. The van der Waals surface area contributed by atoms with E-state index in [-0.39, 0.29) is 0 Å². The highest BCUT2D eigenvalue weighted by Crippen LogP contribution is 2.35. The number of rotatable bonds is 4. The van der Waals surface area contributed by atoms with E-state index in [1.807, 2.05) is 54.1 Å². The molecule has 0 saturated carbocycles. The summed E-state index contributed by atoms with van der Waals surface area (Å²) >= 11 is 1.21. The normalized spacial score (nSPS) is 12.4. The number of fused-ring (bicyclic) bond motifs is 1. The van der Waals surface area contributed by atoms with Crippen molar-refractivity contribution in [2.75, 3.05) is 0 Å². The van der Waals surface area contributed by atoms with Crippen molar-refractivity contribution in [2.24, 2.45) is 7.05 Å². The van der Waals surface area contributed by atoms with E-state index in [0.29, 0.717) is 5.16 Å². The predicted molar refractivity (Wildman–Crippen MR) is 81.2 cm³/mol. The van der Waals surface area contributed by atoms with Crippen LogP contribution in [0.5, 0.6) is 0 Å². The van der Waals surface area contributed by atoms with Gasteiger partial charge in [0, 0.05) is 13.2 Å². The minimum atomic E-state index is -0.883. The monoisotopic (exact) mass is 299 g/mol. The largest absolute Gasteiger partial charge is 0.480 e. The molecule has 0 saturated heterocycles. The van der Waals surface area contributed by atoms with Crippen LogP contribution in [0, 0.1) is 0 Å². The summed E-state index contributed by atoms with van der Waals surface area (Å²) in [5, 5.41) is 9.43. The number of hydrogen-bond acceptors (Lipinski definition) is 4. The lowest BCUT2D eigenvalue weighted by atomic mass is 10.1. The molecule has 0 spiro atoms. The van der Waals surface area contributed by atoms with Crippen LogP contribution in [0.3, 0.4) is 0 Å². The van der Waals surface area contributed by atoms with E-state index in [1.165, 1.54) is 11.8 Å². The first kappa shape index (κ1) is 13.6. The van der Waals surface area contributed by atoms with Crippen molar-refractivity contribution in [1.29, 1.82) is 0 Å². The van der Waals surface area contributed by atoms with Gasteiger partial charge in [0.1, 0.15) is 10.8 Å². The second kappa shape index (κ2) is 5.57. The first-order chi connectivity index (χ1) is 10.2. The molecule has 1 atom stereocenters. The van der Waals surface area contributed by atoms with Gasteiger partial charge in [0.15, 0.2) is 10.8 Å². The van der Waals surface area contributed by atoms with Crippen LogP contribution in [0.15, 0.2) is 53.8 Å². The van der Waals surface area contributed by atoms with Crippen LogP contribution in [0.1, 0.15) is 10.8 Å². The molecule has 0 aliphatic heterocycles. The lowest BCUT2D eigenvalue weighted by Crippen LogP contribution is -2.09. The van der Waals surface area contributed by atoms with Crippen LogP contribution in [0.4, 0.5) is 0 Å². The van der Waals surface area contributed by atoms with E-state index in [1.54, 1.807) is 6.20 Å². The summed E-state index contributed by atoms with van der Waals surface area (Å²) in [6.07, 6.45) is 1.70. The van der Waals surface area contributed by atoms with Gasteiger partial charge in [-0.3, -0.25) is 4.79 Å². The van der Waals surface area contributed by atoms with Gasteiger partial charge in [-0.15, -0.1) is 0 Å². The van der Waals surface area contributed by atoms with E-state index in [0.717, 1.165) is 16.7 Å². The van der Waals surface area contributed by atoms with Crippen LogP contribution in [-0.2, 0) is 11.8 Å². The Morgan fingerprint density at radius 3 is 2.67 bits per heavy atom. The van der Waals surface area contributed by atoms with Crippen molar-refractivity contribution in [3.05, 3.63) is 54.2 Å². The Kier molecular flexibility index (Phi) is 3.62. The zero-order chi connectivity index (χ0) is 14.8. The first-order valence-electron chi connectivity index (χ1n) is 6.38. The summed E-state index contributed by atoms with van der Waals surface area (Å²) in [5.74, 6) is -0.883. The molecule has 1 N–H and O–H groups in total. The molecule has 0 amide bonds. The summed E-state index contributed by atoms with van der Waals surface area (Å²) in [7, 11) is 1.84. The third kappa shape index (κ3) is 2.62. The van der Waals surface area contributed by atoms with E-state index in [2.05, 4.69) is 9.97 Å². The van der Waals surface area contributed by atoms with Crippen LogP contribution < -0.4 is 0 Å². The summed E-state index contributed by atoms with van der Waals surface area (Å²) in [5.41, 5.74) is 2.26. The Bertz CT molecular complexity index is 786. The summed E-state index contributed by atoms with van der Waals surface area (Å²) in [6, 6.07) is 12.8. The van der Waals surface area contributed by atoms with Crippen molar-refractivity contribution in [1.82, 2.24) is 14.5 Å². The molecule has 2 aromatic heterocycles. The fourth-order valence-electron chi connectivity index (χ4n) is 2.10. The molecule has 21 heavy (non-hydrogen) atoms. The van der Waals surface area contributed by atoms with Gasteiger partial charge in [0.05, 0.1) is 0 Å². The molecule has 2 heterocycles. The van der Waals surface area contributed by atoms with Crippen LogP contribution in [0.25, 0.3) is 11.2 Å². The highest BCUT2D eigenvalue weighted by atomic mass is 32.2. The molecular weight excluding hydrogens is 286 g/mol. The van der Waals surface area contributed by atoms with Gasteiger partial charge in [0.2, 0.25) is 0 Å². The van der Waals surface area contributed by atoms with E-state index >= 15 is 0 Å². The Balaban J connectivity index is 1.99. The molecule has 1 unspecified atom stereocenters. The van der Waals surface area contributed by atoms with Crippen molar-refractivity contribution < 1.29 is 9.90 Å². The quantitative estimate of drug-likeness (QED) is 0.750. The standard InChI is InChI=1S/C15H13N3O2S/c1-18-13-11(8-5-9-16-13)17-15(18)21-12(14(19)20)10-6-3-2-4-7-10/h2-9,12H,1H3,(H,19,20). The highest BCUT2D eigenvalue weighted by molar-refractivity contribution is 8.00. The second-order valence-electron chi connectivity index (χ2n) is 4.55. The Hall–Kier alpha value is -2.34. The molecule has 1 aromatic carbocycles. The van der Waals surface area contributed by atoms with Crippen molar-refractivity contribution in [3.63, 3.8) is 0 Å². The number of nitrogens with zero attached hydrogens (tertiary/aromatic N) is 3. The number of aliphatic carboxylic acids is 1. The molecule has 0 radical (unpaired) electrons. The van der Waals surface area contributed by atoms with E-state index in [4.69, 9.17) is 0 Å². The number of thioether (sulfide) groups is 1. The molecule has 0 bridgehead atoms. The third-order valence-corrected chi connectivity index (χ3v) is 4.42. The Morgan fingerprint density at radius 1 is 1.24 bits per heavy atom. The Labute approximate surface area is 125 Å². The maximum atomic E-state index is 11.6. The molecule has 3 rings (SSSR count). The van der Waals surface area contributed by atoms with Gasteiger partial charge < -0.3 is 9.67 Å². The highest BCUT2D eigenvalue weighted by Gasteiger charge is 2.24. The first-order valence-corrected chi connectivity index (χ1v) is 7.26. The van der Waals surface area contributed by atoms with Gasteiger partial charge in [-0.05, 0) is 17.7 Å². The maximum absolute atomic E-state index is 11.6. The fourth-order valence-corrected chi connectivity index (χ4v) is 3.10. The second-order valence-corrected chi connectivity index (χ2v) is 5.62. The van der Waals surface area contributed by atoms with Crippen molar-refractivity contribution in [2.45, 2.75) is 10.4 Å². The SMILES string of the molecule is Cn1c(SC(C(=O)O)c2ccccc2)nc2cccnc21. The van der Waals surface area contributed by atoms with E-state index < -0.39 is 11.2 Å². The molecule has 0 aliphatic rings. The van der Waals surface area contributed by atoms with Gasteiger partial charge in [-0.1, -0.05) is 42.1 Å². The van der Waals surface area contributed by atoms with Crippen LogP contribution in [-0.4, -0.2) is 25.6 Å². The maximum Gasteiger partial charge on any atom is 0.321 e. The molecule has 3 aromatic rings. The zero-order valence-corrected chi connectivity index (χ0v) is 12.1. The average Bonchev–Trinajstić information content (AvgIpc) is 2.82. The summed E-state index contributed by atoms with van der Waals surface area (Å²) < 4.78 is 1.82. The number of imidazole rings is 1. The summed E-state index contributed by atoms with van der Waals surface area (Å²) in [6.45, 7) is 0. The van der Waals surface area contributed by atoms with Crippen molar-refractivity contribution in [3.8, 4) is 0 Å². The third-order valence-electron chi connectivity index (χ3n) is 3.14. The molecule has 0 fully saturated rings. The minimum Gasteiger partial charge on any atom is -0.480 e. The zero-order valence-electron chi connectivity index (χ0n) is 11.3. The number of carboxylic acids is 1. The summed E-state index contributed by atoms with van der Waals surface area (Å²) in [4.78, 5) is 20.3. The van der Waals surface area contributed by atoms with E-state index in [9.17, 15) is 9.90 Å². The van der Waals surface area contributed by atoms with Gasteiger partial charge >= 0.3 is 5.97 Å². The van der Waals surface area contributed by atoms with Crippen LogP contribution >= 0.6 is 11.8 Å². The van der Waals surface area contributed by atoms with Crippen molar-refractivity contribution >= 4 is 28.9 Å². The lowest BCUT2D eigenvalue weighted by molar-refractivity contribution is -0.136. The van der Waals surface area contributed by atoms with Gasteiger partial charge in [0.25, 0.3) is 0 Å². The smallest absolute Gasteiger partial charge is 0.321 e. The van der Waals surface area contributed by atoms with Gasteiger partial charge in [-0.25, -0.2) is 9.97 Å². The number of hydrogen-bond donors (Lipinski definition) is 1. The molecular formula is C15H13N3O2S. The van der Waals surface area contributed by atoms with Crippen LogP contribution in [0.2, 0.25) is 0 Å². The fraction of sp³-hybridized carbons (Fsp3) is 0.133. The average molecular weight is 299 g/mol. The number of benzene rings is 1. The molecule has 106 valence electrons. The topological polar surface area (TPSA) is 68.0 Å². The number of carbonyl (C=O) groups is 1. The molecule has 5 nitrogen and oxygen atoms in total. The van der Waals surface area contributed by atoms with Gasteiger partial charge in [-0.2, -0.15) is 0 Å². The number of aryl methyl sites for hydroxylation is 1. The number of pyridine rings is 1. The molecule has 6 heteroatoms.